The van der Waals surface area contributed by atoms with Gasteiger partial charge in [0.25, 0.3) is 5.91 Å². The van der Waals surface area contributed by atoms with E-state index in [1.165, 1.54) is 13.8 Å². The highest BCUT2D eigenvalue weighted by Gasteiger charge is 2.50. The van der Waals surface area contributed by atoms with Crippen molar-refractivity contribution in [3.05, 3.63) is 105 Å². The molecule has 51 heavy (non-hydrogen) atoms. The van der Waals surface area contributed by atoms with E-state index in [1.807, 2.05) is 49.4 Å². The molecular formula is C37H38Cl4F3N3O4. The summed E-state index contributed by atoms with van der Waals surface area (Å²) in [7, 11) is 0. The van der Waals surface area contributed by atoms with Crippen molar-refractivity contribution in [2.75, 3.05) is 26.2 Å². The van der Waals surface area contributed by atoms with Gasteiger partial charge in [0.2, 0.25) is 9.61 Å². The Hall–Kier alpha value is -3.15. The number of fused-ring (bicyclic) bond motifs is 2. The zero-order valence-electron chi connectivity index (χ0n) is 28.3. The fraction of sp³-hybridized carbons (Fsp3) is 0.405. The first-order valence-electron chi connectivity index (χ1n) is 16.5. The Morgan fingerprint density at radius 1 is 0.980 bits per heavy atom. The van der Waals surface area contributed by atoms with Gasteiger partial charge in [-0.25, -0.2) is 13.6 Å². The van der Waals surface area contributed by atoms with Gasteiger partial charge in [0.05, 0.1) is 18.7 Å². The number of hydrogen-bond donors (Lipinski definition) is 1. The minimum absolute atomic E-state index is 0.0293. The summed E-state index contributed by atoms with van der Waals surface area (Å²) >= 11 is 24.9. The van der Waals surface area contributed by atoms with Gasteiger partial charge < -0.3 is 19.7 Å². The molecule has 2 unspecified atom stereocenters. The van der Waals surface area contributed by atoms with Crippen LogP contribution in [0.1, 0.15) is 50.3 Å². The van der Waals surface area contributed by atoms with Crippen LogP contribution in [0, 0.1) is 17.5 Å². The molecule has 2 heterocycles. The summed E-state index contributed by atoms with van der Waals surface area (Å²) in [5.41, 5.74) is 2.28. The van der Waals surface area contributed by atoms with Crippen LogP contribution >= 0.6 is 46.4 Å². The third-order valence-electron chi connectivity index (χ3n) is 9.16. The van der Waals surface area contributed by atoms with Crippen molar-refractivity contribution in [2.24, 2.45) is 0 Å². The lowest BCUT2D eigenvalue weighted by molar-refractivity contribution is -0.128. The highest BCUT2D eigenvalue weighted by atomic mass is 35.6. The summed E-state index contributed by atoms with van der Waals surface area (Å²) in [6.07, 6.45) is 0.567. The second-order valence-electron chi connectivity index (χ2n) is 12.9. The maximum atomic E-state index is 14.6. The number of benzene rings is 3. The third-order valence-corrected chi connectivity index (χ3v) is 10.9. The lowest BCUT2D eigenvalue weighted by Crippen LogP contribution is -2.64. The van der Waals surface area contributed by atoms with Gasteiger partial charge in [-0.1, -0.05) is 88.9 Å². The molecule has 2 aliphatic heterocycles. The molecule has 0 saturated carbocycles. The van der Waals surface area contributed by atoms with Crippen LogP contribution in [0.15, 0.2) is 66.2 Å². The molecule has 0 aliphatic carbocycles. The summed E-state index contributed by atoms with van der Waals surface area (Å²) < 4.78 is 50.5. The summed E-state index contributed by atoms with van der Waals surface area (Å²) in [5, 5.41) is 3.90. The second kappa shape index (κ2) is 16.3. The van der Waals surface area contributed by atoms with Gasteiger partial charge in [0, 0.05) is 36.8 Å². The molecule has 2 amide bonds. The highest BCUT2D eigenvalue weighted by Crippen LogP contribution is 2.43. The first-order valence-corrected chi connectivity index (χ1v) is 18.0. The van der Waals surface area contributed by atoms with Crippen LogP contribution in [0.2, 0.25) is 5.02 Å². The predicted octanol–water partition coefficient (Wildman–Crippen LogP) is 8.90. The number of piperazine rings is 1. The van der Waals surface area contributed by atoms with Crippen molar-refractivity contribution in [1.82, 2.24) is 15.1 Å². The van der Waals surface area contributed by atoms with Crippen LogP contribution in [-0.4, -0.2) is 69.5 Å². The smallest absolute Gasteiger partial charge is 0.411 e. The van der Waals surface area contributed by atoms with E-state index in [0.717, 1.165) is 28.3 Å². The van der Waals surface area contributed by atoms with Gasteiger partial charge >= 0.3 is 6.09 Å². The summed E-state index contributed by atoms with van der Waals surface area (Å²) in [6, 6.07) is 15.4. The van der Waals surface area contributed by atoms with E-state index in [-0.39, 0.29) is 25.1 Å². The number of rotatable bonds is 11. The Morgan fingerprint density at radius 3 is 2.33 bits per heavy atom. The molecule has 274 valence electrons. The Morgan fingerprint density at radius 2 is 1.67 bits per heavy atom. The van der Waals surface area contributed by atoms with E-state index in [9.17, 15) is 22.8 Å². The average Bonchev–Trinajstić information content (AvgIpc) is 3.08. The number of aryl methyl sites for hydroxylation is 1. The van der Waals surface area contributed by atoms with E-state index in [0.29, 0.717) is 55.6 Å². The number of halogens is 7. The van der Waals surface area contributed by atoms with Gasteiger partial charge in [-0.3, -0.25) is 9.69 Å². The van der Waals surface area contributed by atoms with Gasteiger partial charge in [-0.05, 0) is 80.5 Å². The monoisotopic (exact) mass is 785 g/mol. The summed E-state index contributed by atoms with van der Waals surface area (Å²) in [4.78, 5) is 31.7. The highest BCUT2D eigenvalue weighted by molar-refractivity contribution is 6.68. The maximum Gasteiger partial charge on any atom is 0.411 e. The van der Waals surface area contributed by atoms with E-state index in [2.05, 4.69) is 5.32 Å². The molecule has 3 aromatic carbocycles. The van der Waals surface area contributed by atoms with Gasteiger partial charge in [-0.15, -0.1) is 0 Å². The van der Waals surface area contributed by atoms with Crippen molar-refractivity contribution in [3.8, 4) is 5.75 Å². The number of carbonyl (C=O) groups excluding carboxylic acids is 2. The fourth-order valence-electron chi connectivity index (χ4n) is 6.24. The topological polar surface area (TPSA) is 71.1 Å². The Labute approximate surface area is 315 Å². The van der Waals surface area contributed by atoms with Crippen molar-refractivity contribution in [3.63, 3.8) is 0 Å². The van der Waals surface area contributed by atoms with Crippen molar-refractivity contribution < 1.29 is 32.2 Å². The van der Waals surface area contributed by atoms with Gasteiger partial charge in [0.1, 0.15) is 0 Å². The van der Waals surface area contributed by atoms with E-state index >= 15 is 0 Å². The Bertz CT molecular complexity index is 1790. The molecule has 2 aliphatic rings. The molecule has 0 radical (unpaired) electrons. The minimum Gasteiger partial charge on any atom is -0.488 e. The molecule has 5 rings (SSSR count). The second-order valence-corrected chi connectivity index (χ2v) is 15.6. The molecular weight excluding hydrogens is 749 g/mol. The zero-order valence-corrected chi connectivity index (χ0v) is 31.3. The van der Waals surface area contributed by atoms with Gasteiger partial charge in [-0.2, -0.15) is 4.39 Å². The van der Waals surface area contributed by atoms with Crippen LogP contribution in [0.4, 0.5) is 18.0 Å². The molecule has 2 atom stereocenters. The largest absolute Gasteiger partial charge is 0.488 e. The maximum absolute atomic E-state index is 14.6. The fourth-order valence-corrected chi connectivity index (χ4v) is 6.55. The molecule has 2 bridgehead atoms. The number of likely N-dealkylation sites (N-methyl/N-ethyl adjacent to an activating group) is 1. The third kappa shape index (κ3) is 8.74. The normalized spacial score (nSPS) is 17.7. The van der Waals surface area contributed by atoms with Crippen molar-refractivity contribution in [2.45, 2.75) is 68.1 Å². The minimum atomic E-state index is -1.90. The number of hydrogen-bond acceptors (Lipinski definition) is 5. The van der Waals surface area contributed by atoms with E-state index in [1.54, 1.807) is 15.9 Å². The van der Waals surface area contributed by atoms with E-state index in [4.69, 9.17) is 55.9 Å². The quantitative estimate of drug-likeness (QED) is 0.120. The summed E-state index contributed by atoms with van der Waals surface area (Å²) in [6.45, 7) is 6.24. The number of nitrogens with zero attached hydrogens (tertiary/aromatic N) is 2. The molecule has 1 N–H and O–H groups in total. The number of amides is 2. The van der Waals surface area contributed by atoms with Crippen LogP contribution in [-0.2, 0) is 22.5 Å². The number of carbonyl (C=O) groups is 2. The van der Waals surface area contributed by atoms with Crippen molar-refractivity contribution >= 4 is 64.0 Å². The van der Waals surface area contributed by atoms with Crippen LogP contribution in [0.25, 0.3) is 5.57 Å². The Balaban J connectivity index is 1.44. The SMILES string of the molecule is CCN(Cc1ccccc1Cl)C(=O)C1=C(c2ccc(CCCOc3c(F)ccc(F)c3F)cc2)CC2CNCC1N2C(=O)OC(C)(C)C(Cl)(Cl)Cl. The molecule has 0 aromatic heterocycles. The molecule has 1 fully saturated rings. The summed E-state index contributed by atoms with van der Waals surface area (Å²) in [5.74, 6) is -4.51. The first-order chi connectivity index (χ1) is 24.1. The zero-order chi connectivity index (χ0) is 37.1. The van der Waals surface area contributed by atoms with Crippen LogP contribution in [0.3, 0.4) is 0 Å². The first kappa shape index (κ1) is 39.1. The lowest BCUT2D eigenvalue weighted by atomic mass is 9.81. The number of alkyl halides is 3. The molecule has 3 aromatic rings. The predicted molar refractivity (Wildman–Crippen MR) is 194 cm³/mol. The number of ether oxygens (including phenoxy) is 2. The average molecular weight is 788 g/mol. The standard InChI is InChI=1S/C37H38Cl4F3N3O4/c1-4-46(21-24-9-5-6-10-27(24)38)34(48)31-26(18-25-19-45-20-30(31)47(25)35(49)51-36(2,3)37(39,40)41)23-13-11-22(12-14-23)8-7-17-50-33-29(43)16-15-28(42)32(33)44/h5-6,9-16,25,30,45H,4,7-8,17-21H2,1-3H3. The van der Waals surface area contributed by atoms with Crippen LogP contribution in [0.5, 0.6) is 5.75 Å². The number of nitrogens with one attached hydrogen (secondary N) is 1. The lowest BCUT2D eigenvalue weighted by Gasteiger charge is -2.48. The molecule has 7 nitrogen and oxygen atoms in total. The van der Waals surface area contributed by atoms with Gasteiger partial charge in [0.15, 0.2) is 23.0 Å². The van der Waals surface area contributed by atoms with Crippen LogP contribution < -0.4 is 10.1 Å². The molecule has 0 spiro atoms. The molecule has 14 heteroatoms. The van der Waals surface area contributed by atoms with Crippen molar-refractivity contribution in [1.29, 1.82) is 0 Å². The Kier molecular flexibility index (Phi) is 12.4. The molecule has 1 saturated heterocycles. The van der Waals surface area contributed by atoms with E-state index < -0.39 is 44.7 Å².